The minimum atomic E-state index is -0.221. The Bertz CT molecular complexity index is 485. The van der Waals surface area contributed by atoms with Crippen molar-refractivity contribution in [1.82, 2.24) is 10.9 Å². The zero-order chi connectivity index (χ0) is 13.8. The van der Waals surface area contributed by atoms with Gasteiger partial charge in [-0.2, -0.15) is 11.8 Å². The van der Waals surface area contributed by atoms with Crippen LogP contribution in [0.15, 0.2) is 6.07 Å². The average Bonchev–Trinajstić information content (AvgIpc) is 2.79. The van der Waals surface area contributed by atoms with Gasteiger partial charge in [0.25, 0.3) is 5.91 Å². The molecule has 1 aliphatic rings. The highest BCUT2D eigenvalue weighted by molar-refractivity contribution is 7.99. The number of nitrogens with one attached hydrogen (secondary N) is 2. The molecule has 1 unspecified atom stereocenters. The number of rotatable bonds is 3. The van der Waals surface area contributed by atoms with Crippen LogP contribution in [0.5, 0.6) is 0 Å². The van der Waals surface area contributed by atoms with Gasteiger partial charge in [0.05, 0.1) is 10.6 Å². The number of carbonyl (C=O) groups excluding carboxylic acids is 2. The van der Waals surface area contributed by atoms with Gasteiger partial charge in [-0.25, -0.2) is 0 Å². The van der Waals surface area contributed by atoms with Crippen LogP contribution < -0.4 is 10.9 Å². The molecule has 1 atom stereocenters. The van der Waals surface area contributed by atoms with Gasteiger partial charge in [0.1, 0.15) is 0 Å². The van der Waals surface area contributed by atoms with E-state index < -0.39 is 0 Å². The zero-order valence-corrected chi connectivity index (χ0v) is 12.7. The molecule has 2 N–H and O–H groups in total. The van der Waals surface area contributed by atoms with E-state index in [9.17, 15) is 9.59 Å². The molecular formula is C13H18N2O2S2. The lowest BCUT2D eigenvalue weighted by Crippen LogP contribution is -2.42. The van der Waals surface area contributed by atoms with Gasteiger partial charge >= 0.3 is 0 Å². The Labute approximate surface area is 121 Å². The Morgan fingerprint density at radius 3 is 3.00 bits per heavy atom. The fraction of sp³-hybridized carbons (Fsp3) is 0.538. The van der Waals surface area contributed by atoms with E-state index in [0.29, 0.717) is 16.5 Å². The molecule has 104 valence electrons. The van der Waals surface area contributed by atoms with Crippen molar-refractivity contribution in [2.45, 2.75) is 26.2 Å². The molecule has 1 aromatic heterocycles. The molecule has 0 fully saturated rings. The molecule has 1 aromatic rings. The molecule has 0 saturated carbocycles. The Balaban J connectivity index is 1.95. The van der Waals surface area contributed by atoms with Crippen molar-refractivity contribution in [3.63, 3.8) is 0 Å². The van der Waals surface area contributed by atoms with Crippen molar-refractivity contribution in [2.75, 3.05) is 12.0 Å². The maximum atomic E-state index is 11.9. The first kappa shape index (κ1) is 14.4. The minimum absolute atomic E-state index is 0.184. The number of amides is 2. The summed E-state index contributed by atoms with van der Waals surface area (Å²) in [5.74, 6) is 0.634. The monoisotopic (exact) mass is 298 g/mol. The Kier molecular flexibility index (Phi) is 4.87. The van der Waals surface area contributed by atoms with Gasteiger partial charge in [-0.3, -0.25) is 20.4 Å². The lowest BCUT2D eigenvalue weighted by Gasteiger charge is -2.16. The standard InChI is InChI=1S/C13H18N2O2S2/c1-8-3-4-10-9(5-8)6-11(19-10)13(17)15-14-12(16)7-18-2/h6,8H,3-5,7H2,1-2H3,(H,14,16)(H,15,17). The highest BCUT2D eigenvalue weighted by atomic mass is 32.2. The summed E-state index contributed by atoms with van der Waals surface area (Å²) in [7, 11) is 0. The van der Waals surface area contributed by atoms with Gasteiger partial charge in [0, 0.05) is 4.88 Å². The van der Waals surface area contributed by atoms with E-state index in [1.807, 2.05) is 12.3 Å². The maximum absolute atomic E-state index is 11.9. The SMILES string of the molecule is CSCC(=O)NNC(=O)c1cc2c(s1)CCC(C)C2. The van der Waals surface area contributed by atoms with Gasteiger partial charge in [0.2, 0.25) is 5.91 Å². The fourth-order valence-electron chi connectivity index (χ4n) is 2.17. The van der Waals surface area contributed by atoms with Crippen LogP contribution in [0.3, 0.4) is 0 Å². The van der Waals surface area contributed by atoms with Crippen LogP contribution in [0, 0.1) is 5.92 Å². The maximum Gasteiger partial charge on any atom is 0.279 e. The summed E-state index contributed by atoms with van der Waals surface area (Å²) in [6, 6.07) is 1.96. The molecule has 0 bridgehead atoms. The summed E-state index contributed by atoms with van der Waals surface area (Å²) < 4.78 is 0. The third-order valence-corrected chi connectivity index (χ3v) is 4.93. The van der Waals surface area contributed by atoms with E-state index in [1.165, 1.54) is 28.6 Å². The molecule has 0 aliphatic heterocycles. The number of thiophene rings is 1. The predicted molar refractivity (Wildman–Crippen MR) is 79.5 cm³/mol. The summed E-state index contributed by atoms with van der Waals surface area (Å²) in [6.45, 7) is 2.24. The Hall–Kier alpha value is -1.01. The van der Waals surface area contributed by atoms with E-state index in [4.69, 9.17) is 0 Å². The normalized spacial score (nSPS) is 17.7. The van der Waals surface area contributed by atoms with Crippen molar-refractivity contribution in [1.29, 1.82) is 0 Å². The number of thioether (sulfide) groups is 1. The smallest absolute Gasteiger partial charge is 0.272 e. The Morgan fingerprint density at radius 2 is 2.26 bits per heavy atom. The van der Waals surface area contributed by atoms with Crippen molar-refractivity contribution >= 4 is 34.9 Å². The van der Waals surface area contributed by atoms with E-state index in [1.54, 1.807) is 11.3 Å². The van der Waals surface area contributed by atoms with Crippen LogP contribution in [-0.2, 0) is 17.6 Å². The van der Waals surface area contributed by atoms with E-state index in [2.05, 4.69) is 17.8 Å². The lowest BCUT2D eigenvalue weighted by atomic mass is 9.90. The zero-order valence-electron chi connectivity index (χ0n) is 11.1. The molecule has 1 heterocycles. The highest BCUT2D eigenvalue weighted by Gasteiger charge is 2.20. The van der Waals surface area contributed by atoms with Crippen LogP contribution in [0.25, 0.3) is 0 Å². The van der Waals surface area contributed by atoms with Gasteiger partial charge in [-0.1, -0.05) is 6.92 Å². The molecule has 2 rings (SSSR count). The van der Waals surface area contributed by atoms with Crippen molar-refractivity contribution in [2.24, 2.45) is 5.92 Å². The molecule has 0 radical (unpaired) electrons. The molecule has 19 heavy (non-hydrogen) atoms. The van der Waals surface area contributed by atoms with Crippen molar-refractivity contribution < 1.29 is 9.59 Å². The molecule has 4 nitrogen and oxygen atoms in total. The number of hydrazine groups is 1. The average molecular weight is 298 g/mol. The predicted octanol–water partition coefficient (Wildman–Crippen LogP) is 2.00. The molecule has 6 heteroatoms. The van der Waals surface area contributed by atoms with Gasteiger partial charge < -0.3 is 0 Å². The highest BCUT2D eigenvalue weighted by Crippen LogP contribution is 2.31. The second-order valence-electron chi connectivity index (χ2n) is 4.84. The molecule has 0 saturated heterocycles. The summed E-state index contributed by atoms with van der Waals surface area (Å²) in [4.78, 5) is 25.2. The largest absolute Gasteiger partial charge is 0.279 e. The van der Waals surface area contributed by atoms with Gasteiger partial charge in [-0.15, -0.1) is 11.3 Å². The van der Waals surface area contributed by atoms with Crippen LogP contribution in [0.2, 0.25) is 0 Å². The fourth-order valence-corrected chi connectivity index (χ4v) is 3.61. The number of hydrogen-bond acceptors (Lipinski definition) is 4. The van der Waals surface area contributed by atoms with E-state index in [-0.39, 0.29) is 11.8 Å². The summed E-state index contributed by atoms with van der Waals surface area (Å²) in [5.41, 5.74) is 6.18. The molecular weight excluding hydrogens is 280 g/mol. The third kappa shape index (κ3) is 3.73. The number of carbonyl (C=O) groups is 2. The number of aryl methyl sites for hydroxylation is 1. The molecule has 0 aromatic carbocycles. The first-order valence-electron chi connectivity index (χ1n) is 6.30. The molecule has 2 amide bonds. The first-order chi connectivity index (χ1) is 9.10. The third-order valence-electron chi connectivity index (χ3n) is 3.14. The molecule has 1 aliphatic carbocycles. The first-order valence-corrected chi connectivity index (χ1v) is 8.51. The van der Waals surface area contributed by atoms with Crippen molar-refractivity contribution in [3.8, 4) is 0 Å². The van der Waals surface area contributed by atoms with E-state index in [0.717, 1.165) is 12.8 Å². The summed E-state index contributed by atoms with van der Waals surface area (Å²) in [6.07, 6.45) is 5.15. The second kappa shape index (κ2) is 6.43. The van der Waals surface area contributed by atoms with Crippen LogP contribution in [0.1, 0.15) is 33.5 Å². The lowest BCUT2D eigenvalue weighted by molar-refractivity contribution is -0.119. The topological polar surface area (TPSA) is 58.2 Å². The van der Waals surface area contributed by atoms with Gasteiger partial charge in [0.15, 0.2) is 0 Å². The minimum Gasteiger partial charge on any atom is -0.272 e. The second-order valence-corrected chi connectivity index (χ2v) is 6.85. The van der Waals surface area contributed by atoms with Crippen LogP contribution >= 0.6 is 23.1 Å². The summed E-state index contributed by atoms with van der Waals surface area (Å²) in [5, 5.41) is 0. The molecule has 0 spiro atoms. The van der Waals surface area contributed by atoms with E-state index >= 15 is 0 Å². The van der Waals surface area contributed by atoms with Crippen LogP contribution in [-0.4, -0.2) is 23.8 Å². The quantitative estimate of drug-likeness (QED) is 0.839. The number of hydrogen-bond donors (Lipinski definition) is 2. The number of fused-ring (bicyclic) bond motifs is 1. The van der Waals surface area contributed by atoms with Crippen molar-refractivity contribution in [3.05, 3.63) is 21.4 Å². The van der Waals surface area contributed by atoms with Gasteiger partial charge in [-0.05, 0) is 43.1 Å². The summed E-state index contributed by atoms with van der Waals surface area (Å²) >= 11 is 2.96. The van der Waals surface area contributed by atoms with Crippen LogP contribution in [0.4, 0.5) is 0 Å². The Morgan fingerprint density at radius 1 is 1.47 bits per heavy atom.